The summed E-state index contributed by atoms with van der Waals surface area (Å²) >= 11 is 3.48. The molecule has 0 saturated carbocycles. The average molecular weight is 318 g/mol. The van der Waals surface area contributed by atoms with Crippen molar-refractivity contribution in [1.29, 1.82) is 0 Å². The number of benzene rings is 1. The van der Waals surface area contributed by atoms with E-state index in [1.165, 1.54) is 5.56 Å². The van der Waals surface area contributed by atoms with Gasteiger partial charge in [0.25, 0.3) is 0 Å². The van der Waals surface area contributed by atoms with E-state index in [1.54, 1.807) is 0 Å². The maximum Gasteiger partial charge on any atom is 0.152 e. The highest BCUT2D eigenvalue weighted by atomic mass is 79.9. The molecular weight excluding hydrogens is 302 g/mol. The topological polar surface area (TPSA) is 46.2 Å². The van der Waals surface area contributed by atoms with Gasteiger partial charge in [-0.1, -0.05) is 22.0 Å². The molecule has 1 atom stereocenters. The maximum atomic E-state index is 11.5. The van der Waals surface area contributed by atoms with Crippen molar-refractivity contribution in [3.05, 3.63) is 28.2 Å². The molecule has 1 aliphatic heterocycles. The lowest BCUT2D eigenvalue weighted by molar-refractivity contribution is 0.562. The van der Waals surface area contributed by atoms with E-state index in [9.17, 15) is 8.42 Å². The molecular formula is C12H16BrNO2S. The summed E-state index contributed by atoms with van der Waals surface area (Å²) < 4.78 is 24.1. The molecule has 1 aliphatic rings. The van der Waals surface area contributed by atoms with Crippen molar-refractivity contribution >= 4 is 31.5 Å². The molecule has 1 N–H and O–H groups in total. The highest BCUT2D eigenvalue weighted by Crippen LogP contribution is 2.23. The van der Waals surface area contributed by atoms with Gasteiger partial charge in [-0.2, -0.15) is 0 Å². The van der Waals surface area contributed by atoms with E-state index in [2.05, 4.69) is 21.2 Å². The minimum absolute atomic E-state index is 0.0448. The lowest BCUT2D eigenvalue weighted by Crippen LogP contribution is -2.34. The summed E-state index contributed by atoms with van der Waals surface area (Å²) in [4.78, 5) is 0. The largest absolute Gasteiger partial charge is 0.381 e. The standard InChI is InChI=1S/C12H16BrNO2S/c1-9-4-5-10(7-12(9)13)14-11-3-2-6-17(15,16)8-11/h4-5,7,11,14H,2-3,6,8H2,1H3. The molecule has 0 aromatic heterocycles. The van der Waals surface area contributed by atoms with Crippen molar-refractivity contribution < 1.29 is 8.42 Å². The van der Waals surface area contributed by atoms with Crippen molar-refractivity contribution in [2.75, 3.05) is 16.8 Å². The van der Waals surface area contributed by atoms with Gasteiger partial charge in [0.1, 0.15) is 0 Å². The summed E-state index contributed by atoms with van der Waals surface area (Å²) in [6.45, 7) is 2.03. The van der Waals surface area contributed by atoms with Crippen LogP contribution in [-0.4, -0.2) is 26.0 Å². The normalized spacial score (nSPS) is 23.3. The predicted molar refractivity (Wildman–Crippen MR) is 74.2 cm³/mol. The summed E-state index contributed by atoms with van der Waals surface area (Å²) in [5.74, 6) is 0.585. The van der Waals surface area contributed by atoms with E-state index in [0.29, 0.717) is 5.75 Å². The average Bonchev–Trinajstić information content (AvgIpc) is 2.22. The number of aryl methyl sites for hydroxylation is 1. The van der Waals surface area contributed by atoms with Crippen molar-refractivity contribution in [2.24, 2.45) is 0 Å². The first-order chi connectivity index (χ1) is 7.96. The molecule has 0 spiro atoms. The van der Waals surface area contributed by atoms with Crippen molar-refractivity contribution in [1.82, 2.24) is 0 Å². The van der Waals surface area contributed by atoms with Crippen LogP contribution >= 0.6 is 15.9 Å². The van der Waals surface area contributed by atoms with Crippen LogP contribution in [-0.2, 0) is 9.84 Å². The summed E-state index contributed by atoms with van der Waals surface area (Å²) in [6.07, 6.45) is 1.68. The molecule has 0 aliphatic carbocycles. The minimum atomic E-state index is -2.84. The molecule has 0 radical (unpaired) electrons. The quantitative estimate of drug-likeness (QED) is 0.912. The second-order valence-electron chi connectivity index (χ2n) is 4.56. The Morgan fingerprint density at radius 3 is 2.82 bits per heavy atom. The second-order valence-corrected chi connectivity index (χ2v) is 7.64. The van der Waals surface area contributed by atoms with E-state index in [4.69, 9.17) is 0 Å². The second kappa shape index (κ2) is 4.98. The van der Waals surface area contributed by atoms with E-state index in [1.807, 2.05) is 25.1 Å². The third-order valence-corrected chi connectivity index (χ3v) is 5.68. The van der Waals surface area contributed by atoms with Gasteiger partial charge in [0, 0.05) is 16.2 Å². The lowest BCUT2D eigenvalue weighted by atomic mass is 10.1. The van der Waals surface area contributed by atoms with Crippen LogP contribution in [0.3, 0.4) is 0 Å². The Hall–Kier alpha value is -0.550. The van der Waals surface area contributed by atoms with Crippen LogP contribution in [0, 0.1) is 6.92 Å². The van der Waals surface area contributed by atoms with Gasteiger partial charge in [-0.05, 0) is 37.5 Å². The first kappa shape index (κ1) is 12.9. The van der Waals surface area contributed by atoms with E-state index in [-0.39, 0.29) is 11.8 Å². The molecule has 1 unspecified atom stereocenters. The van der Waals surface area contributed by atoms with Gasteiger partial charge < -0.3 is 5.32 Å². The fourth-order valence-corrected chi connectivity index (χ4v) is 4.07. The van der Waals surface area contributed by atoms with Gasteiger partial charge in [0.2, 0.25) is 0 Å². The van der Waals surface area contributed by atoms with Gasteiger partial charge in [-0.3, -0.25) is 0 Å². The molecule has 1 aromatic rings. The van der Waals surface area contributed by atoms with Crippen molar-refractivity contribution in [3.8, 4) is 0 Å². The zero-order valence-corrected chi connectivity index (χ0v) is 12.1. The summed E-state index contributed by atoms with van der Waals surface area (Å²) in [6, 6.07) is 6.05. The zero-order valence-electron chi connectivity index (χ0n) is 9.74. The Labute approximate surface area is 111 Å². The van der Waals surface area contributed by atoms with Crippen LogP contribution in [0.5, 0.6) is 0 Å². The molecule has 0 bridgehead atoms. The van der Waals surface area contributed by atoms with Gasteiger partial charge in [-0.25, -0.2) is 8.42 Å². The molecule has 2 rings (SSSR count). The fraction of sp³-hybridized carbons (Fsp3) is 0.500. The Kier molecular flexibility index (Phi) is 3.78. The molecule has 3 nitrogen and oxygen atoms in total. The van der Waals surface area contributed by atoms with Crippen molar-refractivity contribution in [3.63, 3.8) is 0 Å². The smallest absolute Gasteiger partial charge is 0.152 e. The van der Waals surface area contributed by atoms with Gasteiger partial charge in [0.05, 0.1) is 11.5 Å². The van der Waals surface area contributed by atoms with Gasteiger partial charge in [-0.15, -0.1) is 0 Å². The number of nitrogens with one attached hydrogen (secondary N) is 1. The molecule has 5 heteroatoms. The number of hydrogen-bond donors (Lipinski definition) is 1. The predicted octanol–water partition coefficient (Wildman–Crippen LogP) is 2.75. The number of rotatable bonds is 2. The van der Waals surface area contributed by atoms with Crippen LogP contribution in [0.2, 0.25) is 0 Å². The fourth-order valence-electron chi connectivity index (χ4n) is 2.06. The molecule has 1 aromatic carbocycles. The molecule has 94 valence electrons. The highest BCUT2D eigenvalue weighted by Gasteiger charge is 2.24. The first-order valence-electron chi connectivity index (χ1n) is 5.69. The minimum Gasteiger partial charge on any atom is -0.381 e. The van der Waals surface area contributed by atoms with Crippen LogP contribution in [0.4, 0.5) is 5.69 Å². The highest BCUT2D eigenvalue weighted by molar-refractivity contribution is 9.10. The van der Waals surface area contributed by atoms with E-state index < -0.39 is 9.84 Å². The zero-order chi connectivity index (χ0) is 12.5. The summed E-state index contributed by atoms with van der Waals surface area (Å²) in [5.41, 5.74) is 2.15. The molecule has 17 heavy (non-hydrogen) atoms. The molecule has 1 saturated heterocycles. The third kappa shape index (κ3) is 3.45. The van der Waals surface area contributed by atoms with Gasteiger partial charge in [0.15, 0.2) is 9.84 Å². The lowest BCUT2D eigenvalue weighted by Gasteiger charge is -2.24. The Bertz CT molecular complexity index is 513. The van der Waals surface area contributed by atoms with E-state index >= 15 is 0 Å². The van der Waals surface area contributed by atoms with Gasteiger partial charge >= 0.3 is 0 Å². The monoisotopic (exact) mass is 317 g/mol. The van der Waals surface area contributed by atoms with Crippen molar-refractivity contribution in [2.45, 2.75) is 25.8 Å². The number of hydrogen-bond acceptors (Lipinski definition) is 3. The Balaban J connectivity index is 2.08. The molecule has 0 amide bonds. The van der Waals surface area contributed by atoms with Crippen LogP contribution in [0.25, 0.3) is 0 Å². The maximum absolute atomic E-state index is 11.5. The SMILES string of the molecule is Cc1ccc(NC2CCCS(=O)(=O)C2)cc1Br. The first-order valence-corrected chi connectivity index (χ1v) is 8.31. The number of anilines is 1. The molecule has 1 heterocycles. The van der Waals surface area contributed by atoms with Crippen LogP contribution in [0.1, 0.15) is 18.4 Å². The van der Waals surface area contributed by atoms with E-state index in [0.717, 1.165) is 23.0 Å². The van der Waals surface area contributed by atoms with Crippen LogP contribution in [0.15, 0.2) is 22.7 Å². The summed E-state index contributed by atoms with van der Waals surface area (Å²) in [5, 5.41) is 3.30. The Morgan fingerprint density at radius 2 is 2.18 bits per heavy atom. The third-order valence-electron chi connectivity index (χ3n) is 3.01. The number of sulfone groups is 1. The Morgan fingerprint density at radius 1 is 1.41 bits per heavy atom. The molecule has 1 fully saturated rings. The number of halogens is 1. The van der Waals surface area contributed by atoms with Crippen LogP contribution < -0.4 is 5.32 Å². The summed E-state index contributed by atoms with van der Waals surface area (Å²) in [7, 11) is -2.84.